The van der Waals surface area contributed by atoms with Gasteiger partial charge in [0.15, 0.2) is 6.61 Å². The summed E-state index contributed by atoms with van der Waals surface area (Å²) in [4.78, 5) is 4.41. The van der Waals surface area contributed by atoms with E-state index in [4.69, 9.17) is 5.11 Å². The van der Waals surface area contributed by atoms with Gasteiger partial charge in [-0.1, -0.05) is 12.1 Å². The van der Waals surface area contributed by atoms with Crippen LogP contribution in [0.2, 0.25) is 0 Å². The van der Waals surface area contributed by atoms with Gasteiger partial charge >= 0.3 is 6.18 Å². The van der Waals surface area contributed by atoms with Crippen molar-refractivity contribution in [2.75, 3.05) is 25.5 Å². The molecule has 1 N–H and O–H groups in total. The Morgan fingerprint density at radius 1 is 1.29 bits per heavy atom. The molecule has 0 aromatic heterocycles. The standard InChI is InChI=1S/C14H16F3NO2S/c15-14(16,17)9-20-11-3-1-10(2-4-11)12-5-6-18-13(12)21-8-7-19/h1-4,12,19H,5-9H2. The van der Waals surface area contributed by atoms with Crippen LogP contribution in [-0.2, 0) is 0 Å². The maximum absolute atomic E-state index is 12.1. The van der Waals surface area contributed by atoms with Gasteiger partial charge in [-0.3, -0.25) is 4.99 Å². The Morgan fingerprint density at radius 3 is 2.62 bits per heavy atom. The predicted octanol–water partition coefficient (Wildman–Crippen LogP) is 3.24. The van der Waals surface area contributed by atoms with Gasteiger partial charge in [0.1, 0.15) is 5.75 Å². The Morgan fingerprint density at radius 2 is 2.00 bits per heavy atom. The molecule has 2 rings (SSSR count). The van der Waals surface area contributed by atoms with E-state index in [1.807, 2.05) is 0 Å². The quantitative estimate of drug-likeness (QED) is 0.906. The Bertz CT molecular complexity index is 488. The van der Waals surface area contributed by atoms with Crippen molar-refractivity contribution >= 4 is 16.8 Å². The third-order valence-corrected chi connectivity index (χ3v) is 4.11. The van der Waals surface area contributed by atoms with Crippen LogP contribution in [0, 0.1) is 0 Å². The summed E-state index contributed by atoms with van der Waals surface area (Å²) in [7, 11) is 0. The van der Waals surface area contributed by atoms with Crippen molar-refractivity contribution in [1.82, 2.24) is 0 Å². The minimum atomic E-state index is -4.33. The molecule has 1 unspecified atom stereocenters. The Balaban J connectivity index is 1.97. The van der Waals surface area contributed by atoms with E-state index in [2.05, 4.69) is 9.73 Å². The number of rotatable bonds is 5. The fraction of sp³-hybridized carbons (Fsp3) is 0.500. The molecule has 1 aromatic carbocycles. The molecule has 1 aromatic rings. The summed E-state index contributed by atoms with van der Waals surface area (Å²) in [6.07, 6.45) is -3.44. The molecule has 0 fully saturated rings. The van der Waals surface area contributed by atoms with E-state index >= 15 is 0 Å². The minimum absolute atomic E-state index is 0.0978. The summed E-state index contributed by atoms with van der Waals surface area (Å²) in [6.45, 7) is -0.444. The van der Waals surface area contributed by atoms with Gasteiger partial charge < -0.3 is 9.84 Å². The zero-order chi connectivity index (χ0) is 15.3. The maximum atomic E-state index is 12.1. The van der Waals surface area contributed by atoms with Gasteiger partial charge in [0.05, 0.1) is 11.7 Å². The first-order valence-corrected chi connectivity index (χ1v) is 7.55. The van der Waals surface area contributed by atoms with Crippen LogP contribution < -0.4 is 4.74 Å². The van der Waals surface area contributed by atoms with Crippen molar-refractivity contribution in [3.63, 3.8) is 0 Å². The molecule has 0 bridgehead atoms. The second-order valence-electron chi connectivity index (χ2n) is 4.61. The number of aliphatic imine (C=N–C) groups is 1. The van der Waals surface area contributed by atoms with Crippen LogP contribution in [0.3, 0.4) is 0 Å². The van der Waals surface area contributed by atoms with Crippen molar-refractivity contribution in [3.8, 4) is 5.75 Å². The first kappa shape index (κ1) is 16.2. The van der Waals surface area contributed by atoms with E-state index in [0.717, 1.165) is 23.6 Å². The highest BCUT2D eigenvalue weighted by molar-refractivity contribution is 8.14. The molecule has 0 saturated carbocycles. The average molecular weight is 319 g/mol. The zero-order valence-electron chi connectivity index (χ0n) is 11.3. The maximum Gasteiger partial charge on any atom is 0.422 e. The van der Waals surface area contributed by atoms with Crippen LogP contribution in [0.1, 0.15) is 17.9 Å². The topological polar surface area (TPSA) is 41.8 Å². The number of nitrogens with zero attached hydrogens (tertiary/aromatic N) is 1. The fourth-order valence-electron chi connectivity index (χ4n) is 2.10. The second kappa shape index (κ2) is 7.17. The first-order valence-electron chi connectivity index (χ1n) is 6.57. The van der Waals surface area contributed by atoms with Crippen molar-refractivity contribution in [3.05, 3.63) is 29.8 Å². The summed E-state index contributed by atoms with van der Waals surface area (Å²) in [5.41, 5.74) is 1.01. The normalized spacial score (nSPS) is 18.7. The Kier molecular flexibility index (Phi) is 5.52. The van der Waals surface area contributed by atoms with Crippen LogP contribution in [-0.4, -0.2) is 41.8 Å². The Labute approximate surface area is 125 Å². The molecule has 0 aliphatic carbocycles. The molecule has 21 heavy (non-hydrogen) atoms. The van der Waals surface area contributed by atoms with Gasteiger partial charge in [-0.05, 0) is 24.1 Å². The van der Waals surface area contributed by atoms with E-state index in [1.165, 1.54) is 11.8 Å². The molecular formula is C14H16F3NO2S. The monoisotopic (exact) mass is 319 g/mol. The fourth-order valence-corrected chi connectivity index (χ4v) is 3.04. The van der Waals surface area contributed by atoms with Gasteiger partial charge in [-0.15, -0.1) is 11.8 Å². The number of hydrogen-bond acceptors (Lipinski definition) is 4. The molecule has 1 atom stereocenters. The molecule has 1 aliphatic heterocycles. The first-order chi connectivity index (χ1) is 9.99. The summed E-state index contributed by atoms with van der Waals surface area (Å²) < 4.78 is 40.9. The number of ether oxygens (including phenoxy) is 1. The summed E-state index contributed by atoms with van der Waals surface area (Å²) in [5.74, 6) is 0.969. The molecule has 7 heteroatoms. The number of aliphatic hydroxyl groups excluding tert-OH is 1. The third kappa shape index (κ3) is 4.93. The van der Waals surface area contributed by atoms with Gasteiger partial charge in [0.2, 0.25) is 0 Å². The third-order valence-electron chi connectivity index (χ3n) is 3.01. The molecule has 0 amide bonds. The lowest BCUT2D eigenvalue weighted by Gasteiger charge is -2.14. The van der Waals surface area contributed by atoms with Crippen LogP contribution in [0.5, 0.6) is 5.75 Å². The highest BCUT2D eigenvalue weighted by Crippen LogP contribution is 2.32. The van der Waals surface area contributed by atoms with Crippen molar-refractivity contribution < 1.29 is 23.0 Å². The van der Waals surface area contributed by atoms with Crippen LogP contribution in [0.15, 0.2) is 29.3 Å². The van der Waals surface area contributed by atoms with Crippen LogP contribution >= 0.6 is 11.8 Å². The second-order valence-corrected chi connectivity index (χ2v) is 5.72. The van der Waals surface area contributed by atoms with E-state index in [-0.39, 0.29) is 18.3 Å². The predicted molar refractivity (Wildman–Crippen MR) is 77.2 cm³/mol. The van der Waals surface area contributed by atoms with Crippen LogP contribution in [0.4, 0.5) is 13.2 Å². The molecule has 1 heterocycles. The minimum Gasteiger partial charge on any atom is -0.484 e. The molecular weight excluding hydrogens is 303 g/mol. The van der Waals surface area contributed by atoms with E-state index < -0.39 is 12.8 Å². The van der Waals surface area contributed by atoms with E-state index in [9.17, 15) is 13.2 Å². The number of benzene rings is 1. The molecule has 0 saturated heterocycles. The summed E-state index contributed by atoms with van der Waals surface area (Å²) in [6, 6.07) is 6.65. The highest BCUT2D eigenvalue weighted by Gasteiger charge is 2.28. The molecule has 3 nitrogen and oxygen atoms in total. The van der Waals surface area contributed by atoms with Gasteiger partial charge in [-0.2, -0.15) is 13.2 Å². The SMILES string of the molecule is OCCSC1=NCCC1c1ccc(OCC(F)(F)F)cc1. The summed E-state index contributed by atoms with van der Waals surface area (Å²) in [5, 5.41) is 9.84. The van der Waals surface area contributed by atoms with Crippen LogP contribution in [0.25, 0.3) is 0 Å². The van der Waals surface area contributed by atoms with E-state index in [0.29, 0.717) is 5.75 Å². The number of hydrogen-bond donors (Lipinski definition) is 1. The lowest BCUT2D eigenvalue weighted by molar-refractivity contribution is -0.153. The van der Waals surface area contributed by atoms with Gasteiger partial charge in [0.25, 0.3) is 0 Å². The summed E-state index contributed by atoms with van der Waals surface area (Å²) >= 11 is 1.52. The zero-order valence-corrected chi connectivity index (χ0v) is 12.1. The van der Waals surface area contributed by atoms with Gasteiger partial charge in [-0.25, -0.2) is 0 Å². The van der Waals surface area contributed by atoms with Gasteiger partial charge in [0, 0.05) is 18.2 Å². The molecule has 0 radical (unpaired) electrons. The number of alkyl halides is 3. The average Bonchev–Trinajstić information content (AvgIpc) is 2.91. The lowest BCUT2D eigenvalue weighted by atomic mass is 9.98. The smallest absolute Gasteiger partial charge is 0.422 e. The molecule has 116 valence electrons. The number of thioether (sulfide) groups is 1. The number of halogens is 3. The van der Waals surface area contributed by atoms with E-state index in [1.54, 1.807) is 24.3 Å². The van der Waals surface area contributed by atoms with Crippen molar-refractivity contribution in [2.45, 2.75) is 18.5 Å². The number of aliphatic hydroxyl groups is 1. The molecule has 0 spiro atoms. The Hall–Kier alpha value is -1.21. The van der Waals surface area contributed by atoms with Crippen molar-refractivity contribution in [1.29, 1.82) is 0 Å². The van der Waals surface area contributed by atoms with Crippen molar-refractivity contribution in [2.24, 2.45) is 4.99 Å². The largest absolute Gasteiger partial charge is 0.484 e. The highest BCUT2D eigenvalue weighted by atomic mass is 32.2. The molecule has 1 aliphatic rings. The lowest BCUT2D eigenvalue weighted by Crippen LogP contribution is -2.19.